The summed E-state index contributed by atoms with van der Waals surface area (Å²) in [6.45, 7) is 3.13. The molecule has 7 heteroatoms. The summed E-state index contributed by atoms with van der Waals surface area (Å²) in [4.78, 5) is 19.9. The summed E-state index contributed by atoms with van der Waals surface area (Å²) in [6, 6.07) is 9.64. The van der Waals surface area contributed by atoms with Crippen molar-refractivity contribution >= 4 is 28.7 Å². The summed E-state index contributed by atoms with van der Waals surface area (Å²) in [5, 5.41) is 4.85. The van der Waals surface area contributed by atoms with Crippen molar-refractivity contribution in [3.8, 4) is 5.69 Å². The molecule has 0 aliphatic carbocycles. The lowest BCUT2D eigenvalue weighted by molar-refractivity contribution is 0.103. The minimum atomic E-state index is -0.125. The highest BCUT2D eigenvalue weighted by Crippen LogP contribution is 2.23. The van der Waals surface area contributed by atoms with Gasteiger partial charge in [0.05, 0.1) is 30.8 Å². The summed E-state index contributed by atoms with van der Waals surface area (Å²) in [7, 11) is 0. The first-order valence-electron chi connectivity index (χ1n) is 8.12. The summed E-state index contributed by atoms with van der Waals surface area (Å²) >= 11 is 1.43. The number of nitrogens with one attached hydrogen (secondary N) is 1. The molecule has 3 aromatic rings. The first kappa shape index (κ1) is 15.9. The standard InChI is InChI=1S/C18H18N4O2S/c23-18(17-15(5-12-25-17)21-6-1-2-7-21)20-14-3-4-16(19-13-14)22-8-10-24-11-9-22/h1-7,12-13H,8-11H2,(H,20,23). The molecule has 4 rings (SSSR count). The van der Waals surface area contributed by atoms with Crippen molar-refractivity contribution in [1.29, 1.82) is 0 Å². The van der Waals surface area contributed by atoms with Gasteiger partial charge in [0.15, 0.2) is 0 Å². The highest BCUT2D eigenvalue weighted by molar-refractivity contribution is 7.12. The Bertz CT molecular complexity index is 836. The lowest BCUT2D eigenvalue weighted by Crippen LogP contribution is -2.36. The zero-order valence-electron chi connectivity index (χ0n) is 13.6. The van der Waals surface area contributed by atoms with Crippen molar-refractivity contribution < 1.29 is 9.53 Å². The zero-order chi connectivity index (χ0) is 17.1. The van der Waals surface area contributed by atoms with E-state index in [1.54, 1.807) is 6.20 Å². The third-order valence-electron chi connectivity index (χ3n) is 4.07. The number of amides is 1. The Morgan fingerprint density at radius 2 is 1.96 bits per heavy atom. The summed E-state index contributed by atoms with van der Waals surface area (Å²) in [6.07, 6.45) is 5.56. The van der Waals surface area contributed by atoms with Crippen LogP contribution in [0.15, 0.2) is 54.3 Å². The van der Waals surface area contributed by atoms with Crippen LogP contribution in [-0.4, -0.2) is 41.8 Å². The van der Waals surface area contributed by atoms with Crippen molar-refractivity contribution in [3.05, 3.63) is 59.2 Å². The number of morpholine rings is 1. The Balaban J connectivity index is 1.47. The summed E-state index contributed by atoms with van der Waals surface area (Å²) in [5.74, 6) is 0.782. The molecule has 25 heavy (non-hydrogen) atoms. The topological polar surface area (TPSA) is 59.4 Å². The molecule has 0 spiro atoms. The van der Waals surface area contributed by atoms with E-state index >= 15 is 0 Å². The molecule has 0 saturated carbocycles. The molecule has 0 radical (unpaired) electrons. The second-order valence-electron chi connectivity index (χ2n) is 5.68. The number of hydrogen-bond donors (Lipinski definition) is 1. The van der Waals surface area contributed by atoms with Crippen molar-refractivity contribution in [2.45, 2.75) is 0 Å². The van der Waals surface area contributed by atoms with Gasteiger partial charge in [0.25, 0.3) is 5.91 Å². The minimum Gasteiger partial charge on any atom is -0.378 e. The van der Waals surface area contributed by atoms with E-state index in [-0.39, 0.29) is 5.91 Å². The van der Waals surface area contributed by atoms with Gasteiger partial charge in [-0.05, 0) is 35.7 Å². The predicted octanol–water partition coefficient (Wildman–Crippen LogP) is 3.02. The SMILES string of the molecule is O=C(Nc1ccc(N2CCOCC2)nc1)c1sccc1-n1cccc1. The molecule has 3 aromatic heterocycles. The van der Waals surface area contributed by atoms with Gasteiger partial charge in [0.2, 0.25) is 0 Å². The number of aromatic nitrogens is 2. The number of thiophene rings is 1. The van der Waals surface area contributed by atoms with E-state index in [0.29, 0.717) is 10.6 Å². The Morgan fingerprint density at radius 3 is 2.68 bits per heavy atom. The van der Waals surface area contributed by atoms with Gasteiger partial charge in [-0.15, -0.1) is 11.3 Å². The van der Waals surface area contributed by atoms with Crippen LogP contribution in [0, 0.1) is 0 Å². The molecule has 1 saturated heterocycles. The normalized spacial score (nSPS) is 14.5. The largest absolute Gasteiger partial charge is 0.378 e. The number of carbonyl (C=O) groups excluding carboxylic acids is 1. The fourth-order valence-electron chi connectivity index (χ4n) is 2.80. The van der Waals surface area contributed by atoms with Crippen molar-refractivity contribution in [2.24, 2.45) is 0 Å². The van der Waals surface area contributed by atoms with Gasteiger partial charge in [-0.1, -0.05) is 0 Å². The maximum atomic E-state index is 12.6. The van der Waals surface area contributed by atoms with E-state index < -0.39 is 0 Å². The molecule has 6 nitrogen and oxygen atoms in total. The van der Waals surface area contributed by atoms with Crippen molar-refractivity contribution in [1.82, 2.24) is 9.55 Å². The molecular formula is C18H18N4O2S. The fourth-order valence-corrected chi connectivity index (χ4v) is 3.58. The number of pyridine rings is 1. The molecule has 1 fully saturated rings. The first-order valence-corrected chi connectivity index (χ1v) is 9.00. The fraction of sp³-hybridized carbons (Fsp3) is 0.222. The molecule has 128 valence electrons. The Hall–Kier alpha value is -2.64. The molecule has 1 N–H and O–H groups in total. The second kappa shape index (κ2) is 7.08. The first-order chi connectivity index (χ1) is 12.3. The quantitative estimate of drug-likeness (QED) is 0.782. The van der Waals surface area contributed by atoms with Gasteiger partial charge >= 0.3 is 0 Å². The number of ether oxygens (including phenoxy) is 1. The lowest BCUT2D eigenvalue weighted by Gasteiger charge is -2.27. The molecule has 4 heterocycles. The van der Waals surface area contributed by atoms with Crippen LogP contribution in [0.4, 0.5) is 11.5 Å². The third-order valence-corrected chi connectivity index (χ3v) is 4.98. The van der Waals surface area contributed by atoms with Crippen LogP contribution in [-0.2, 0) is 4.74 Å². The molecule has 0 unspecified atom stereocenters. The molecule has 0 aromatic carbocycles. The number of carbonyl (C=O) groups is 1. The van der Waals surface area contributed by atoms with Crippen molar-refractivity contribution in [3.63, 3.8) is 0 Å². The maximum Gasteiger partial charge on any atom is 0.267 e. The van der Waals surface area contributed by atoms with Gasteiger partial charge in [-0.25, -0.2) is 4.98 Å². The average Bonchev–Trinajstić information content (AvgIpc) is 3.34. The van der Waals surface area contributed by atoms with Gasteiger partial charge in [0.1, 0.15) is 10.7 Å². The number of nitrogens with zero attached hydrogens (tertiary/aromatic N) is 3. The van der Waals surface area contributed by atoms with Gasteiger partial charge < -0.3 is 19.5 Å². The highest BCUT2D eigenvalue weighted by atomic mass is 32.1. The molecule has 0 bridgehead atoms. The number of rotatable bonds is 4. The highest BCUT2D eigenvalue weighted by Gasteiger charge is 2.16. The number of anilines is 2. The monoisotopic (exact) mass is 354 g/mol. The van der Waals surface area contributed by atoms with E-state index in [1.807, 2.05) is 52.7 Å². The molecule has 1 aliphatic heterocycles. The Morgan fingerprint density at radius 1 is 1.16 bits per heavy atom. The van der Waals surface area contributed by atoms with Crippen LogP contribution in [0.3, 0.4) is 0 Å². The molecule has 1 amide bonds. The molecule has 1 aliphatic rings. The van der Waals surface area contributed by atoms with Gasteiger partial charge in [-0.2, -0.15) is 0 Å². The van der Waals surface area contributed by atoms with Crippen LogP contribution in [0.25, 0.3) is 5.69 Å². The number of hydrogen-bond acceptors (Lipinski definition) is 5. The van der Waals surface area contributed by atoms with E-state index in [2.05, 4.69) is 15.2 Å². The van der Waals surface area contributed by atoms with Crippen LogP contribution in [0.2, 0.25) is 0 Å². The van der Waals surface area contributed by atoms with Crippen molar-refractivity contribution in [2.75, 3.05) is 36.5 Å². The van der Waals surface area contributed by atoms with E-state index in [9.17, 15) is 4.79 Å². The van der Waals surface area contributed by atoms with Crippen LogP contribution >= 0.6 is 11.3 Å². The average molecular weight is 354 g/mol. The summed E-state index contributed by atoms with van der Waals surface area (Å²) < 4.78 is 7.29. The smallest absolute Gasteiger partial charge is 0.267 e. The lowest BCUT2D eigenvalue weighted by atomic mass is 10.3. The van der Waals surface area contributed by atoms with Gasteiger partial charge in [0, 0.05) is 25.5 Å². The maximum absolute atomic E-state index is 12.6. The second-order valence-corrected chi connectivity index (χ2v) is 6.60. The third kappa shape index (κ3) is 3.42. The van der Waals surface area contributed by atoms with E-state index in [1.165, 1.54) is 11.3 Å². The van der Waals surface area contributed by atoms with E-state index in [4.69, 9.17) is 4.74 Å². The Kier molecular flexibility index (Phi) is 4.49. The van der Waals surface area contributed by atoms with Gasteiger partial charge in [-0.3, -0.25) is 4.79 Å². The predicted molar refractivity (Wildman–Crippen MR) is 98.9 cm³/mol. The Labute approximate surface area is 149 Å². The molecule has 0 atom stereocenters. The van der Waals surface area contributed by atoms with Crippen LogP contribution < -0.4 is 10.2 Å². The van der Waals surface area contributed by atoms with Crippen LogP contribution in [0.5, 0.6) is 0 Å². The van der Waals surface area contributed by atoms with E-state index in [0.717, 1.165) is 37.8 Å². The summed E-state index contributed by atoms with van der Waals surface area (Å²) in [5.41, 5.74) is 1.57. The molecular weight excluding hydrogens is 336 g/mol. The zero-order valence-corrected chi connectivity index (χ0v) is 14.4. The minimum absolute atomic E-state index is 0.125. The van der Waals surface area contributed by atoms with Crippen LogP contribution in [0.1, 0.15) is 9.67 Å².